The van der Waals surface area contributed by atoms with Gasteiger partial charge in [0.15, 0.2) is 0 Å². The molecule has 0 fully saturated rings. The molecule has 1 aromatic heterocycles. The van der Waals surface area contributed by atoms with Crippen molar-refractivity contribution in [3.05, 3.63) is 30.0 Å². The fourth-order valence-electron chi connectivity index (χ4n) is 2.40. The molecule has 0 saturated heterocycles. The van der Waals surface area contributed by atoms with Crippen LogP contribution in [0.25, 0.3) is 10.9 Å². The first-order valence-electron chi connectivity index (χ1n) is 7.18. The highest BCUT2D eigenvalue weighted by Gasteiger charge is 2.14. The molecular formula is C16H23N3O. The van der Waals surface area contributed by atoms with Gasteiger partial charge in [0.1, 0.15) is 5.69 Å². The van der Waals surface area contributed by atoms with Gasteiger partial charge in [-0.05, 0) is 43.5 Å². The van der Waals surface area contributed by atoms with Crippen LogP contribution in [0, 0.1) is 5.92 Å². The number of aromatic nitrogens is 1. The van der Waals surface area contributed by atoms with Crippen molar-refractivity contribution in [1.82, 2.24) is 10.3 Å². The van der Waals surface area contributed by atoms with Gasteiger partial charge < -0.3 is 16.0 Å². The van der Waals surface area contributed by atoms with Crippen molar-refractivity contribution in [2.24, 2.45) is 5.92 Å². The molecule has 20 heavy (non-hydrogen) atoms. The molecule has 1 heterocycles. The quantitative estimate of drug-likeness (QED) is 0.731. The lowest BCUT2D eigenvalue weighted by Crippen LogP contribution is -2.33. The van der Waals surface area contributed by atoms with E-state index in [0.717, 1.165) is 23.7 Å². The molecule has 2 atom stereocenters. The molecule has 4 nitrogen and oxygen atoms in total. The number of nitrogens with two attached hydrogens (primary N) is 1. The number of carbonyl (C=O) groups excluding carboxylic acids is 1. The molecule has 1 aromatic carbocycles. The van der Waals surface area contributed by atoms with Crippen LogP contribution in [0.1, 0.15) is 44.1 Å². The zero-order valence-corrected chi connectivity index (χ0v) is 12.4. The van der Waals surface area contributed by atoms with Crippen molar-refractivity contribution in [1.29, 1.82) is 0 Å². The predicted molar refractivity (Wildman–Crippen MR) is 83.7 cm³/mol. The molecule has 0 aliphatic rings. The lowest BCUT2D eigenvalue weighted by molar-refractivity contribution is 0.0931. The number of nitrogen functional groups attached to an aromatic ring is 1. The normalized spacial score (nSPS) is 14.2. The Kier molecular flexibility index (Phi) is 4.32. The number of anilines is 1. The zero-order chi connectivity index (χ0) is 14.7. The van der Waals surface area contributed by atoms with Crippen LogP contribution in [-0.2, 0) is 0 Å². The molecule has 2 aromatic rings. The zero-order valence-electron chi connectivity index (χ0n) is 12.4. The fraction of sp³-hybridized carbons (Fsp3) is 0.438. The molecule has 4 heteroatoms. The lowest BCUT2D eigenvalue weighted by Gasteiger charge is -2.17. The summed E-state index contributed by atoms with van der Waals surface area (Å²) >= 11 is 0. The number of benzene rings is 1. The van der Waals surface area contributed by atoms with Crippen LogP contribution in [-0.4, -0.2) is 16.9 Å². The van der Waals surface area contributed by atoms with Crippen molar-refractivity contribution in [3.63, 3.8) is 0 Å². The number of aromatic amines is 1. The van der Waals surface area contributed by atoms with Gasteiger partial charge in [0.2, 0.25) is 0 Å². The van der Waals surface area contributed by atoms with Crippen molar-refractivity contribution >= 4 is 22.5 Å². The van der Waals surface area contributed by atoms with Crippen molar-refractivity contribution in [3.8, 4) is 0 Å². The van der Waals surface area contributed by atoms with Gasteiger partial charge in [-0.2, -0.15) is 0 Å². The largest absolute Gasteiger partial charge is 0.399 e. The number of H-pyrrole nitrogens is 1. The van der Waals surface area contributed by atoms with Gasteiger partial charge >= 0.3 is 0 Å². The Morgan fingerprint density at radius 3 is 2.80 bits per heavy atom. The summed E-state index contributed by atoms with van der Waals surface area (Å²) in [6, 6.07) is 7.60. The second-order valence-corrected chi connectivity index (χ2v) is 5.65. The summed E-state index contributed by atoms with van der Waals surface area (Å²) in [4.78, 5) is 15.3. The first-order valence-corrected chi connectivity index (χ1v) is 7.18. The minimum Gasteiger partial charge on any atom is -0.399 e. The van der Waals surface area contributed by atoms with Crippen LogP contribution in [0.15, 0.2) is 24.3 Å². The van der Waals surface area contributed by atoms with E-state index < -0.39 is 0 Å². The van der Waals surface area contributed by atoms with Crippen molar-refractivity contribution in [2.75, 3.05) is 5.73 Å². The Hall–Kier alpha value is -1.97. The number of hydrogen-bond donors (Lipinski definition) is 3. The highest BCUT2D eigenvalue weighted by Crippen LogP contribution is 2.18. The van der Waals surface area contributed by atoms with E-state index in [1.165, 1.54) is 0 Å². The minimum absolute atomic E-state index is 0.0597. The van der Waals surface area contributed by atoms with E-state index >= 15 is 0 Å². The molecule has 0 aliphatic carbocycles. The summed E-state index contributed by atoms with van der Waals surface area (Å²) in [6.45, 7) is 6.42. The average Bonchev–Trinajstić information content (AvgIpc) is 2.81. The maximum atomic E-state index is 12.2. The van der Waals surface area contributed by atoms with Crippen molar-refractivity contribution in [2.45, 2.75) is 39.7 Å². The lowest BCUT2D eigenvalue weighted by atomic mass is 10.0. The van der Waals surface area contributed by atoms with E-state index in [1.54, 1.807) is 0 Å². The summed E-state index contributed by atoms with van der Waals surface area (Å²) in [7, 11) is 0. The van der Waals surface area contributed by atoms with Gasteiger partial charge in [0, 0.05) is 22.6 Å². The highest BCUT2D eigenvalue weighted by atomic mass is 16.1. The summed E-state index contributed by atoms with van der Waals surface area (Å²) in [6.07, 6.45) is 2.13. The topological polar surface area (TPSA) is 70.9 Å². The van der Waals surface area contributed by atoms with Crippen LogP contribution >= 0.6 is 0 Å². The number of rotatable bonds is 5. The number of hydrogen-bond acceptors (Lipinski definition) is 2. The summed E-state index contributed by atoms with van der Waals surface area (Å²) in [5.74, 6) is 0.559. The first-order chi connectivity index (χ1) is 9.49. The second kappa shape index (κ2) is 5.99. The maximum absolute atomic E-state index is 12.2. The van der Waals surface area contributed by atoms with Gasteiger partial charge in [0.25, 0.3) is 5.91 Å². The molecule has 1 amide bonds. The predicted octanol–water partition coefficient (Wildman–Crippen LogP) is 3.30. The maximum Gasteiger partial charge on any atom is 0.267 e. The third kappa shape index (κ3) is 3.32. The molecule has 108 valence electrons. The van der Waals surface area contributed by atoms with E-state index in [0.29, 0.717) is 17.3 Å². The van der Waals surface area contributed by atoms with E-state index in [9.17, 15) is 4.79 Å². The molecule has 0 radical (unpaired) electrons. The summed E-state index contributed by atoms with van der Waals surface area (Å²) in [5.41, 5.74) is 7.96. The smallest absolute Gasteiger partial charge is 0.267 e. The van der Waals surface area contributed by atoms with E-state index in [-0.39, 0.29) is 11.9 Å². The summed E-state index contributed by atoms with van der Waals surface area (Å²) < 4.78 is 0. The fourth-order valence-corrected chi connectivity index (χ4v) is 2.40. The van der Waals surface area contributed by atoms with Gasteiger partial charge in [-0.3, -0.25) is 4.79 Å². The number of fused-ring (bicyclic) bond motifs is 1. The number of nitrogens with one attached hydrogen (secondary N) is 2. The molecule has 0 aliphatic heterocycles. The number of carbonyl (C=O) groups is 1. The Morgan fingerprint density at radius 1 is 1.35 bits per heavy atom. The van der Waals surface area contributed by atoms with Gasteiger partial charge in [-0.1, -0.05) is 20.3 Å². The van der Waals surface area contributed by atoms with E-state index in [4.69, 9.17) is 5.73 Å². The molecule has 2 unspecified atom stereocenters. The van der Waals surface area contributed by atoms with Gasteiger partial charge in [-0.25, -0.2) is 0 Å². The van der Waals surface area contributed by atoms with E-state index in [2.05, 4.69) is 24.1 Å². The van der Waals surface area contributed by atoms with Crippen molar-refractivity contribution < 1.29 is 4.79 Å². The first kappa shape index (κ1) is 14.4. The number of amides is 1. The van der Waals surface area contributed by atoms with Crippen LogP contribution in [0.4, 0.5) is 5.69 Å². The molecule has 0 spiro atoms. The standard InChI is InChI=1S/C16H23N3O/c1-4-10(2)7-11(3)18-16(20)15-9-12-8-13(17)5-6-14(12)19-15/h5-6,8-11,19H,4,7,17H2,1-3H3,(H,18,20). The SMILES string of the molecule is CCC(C)CC(C)NC(=O)c1cc2cc(N)ccc2[nH]1. The molecule has 2 rings (SSSR count). The highest BCUT2D eigenvalue weighted by molar-refractivity contribution is 5.98. The Balaban J connectivity index is 2.07. The van der Waals surface area contributed by atoms with Crippen LogP contribution in [0.5, 0.6) is 0 Å². The third-order valence-corrected chi connectivity index (χ3v) is 3.72. The Labute approximate surface area is 119 Å². The van der Waals surface area contributed by atoms with Crippen LogP contribution < -0.4 is 11.1 Å². The average molecular weight is 273 g/mol. The van der Waals surface area contributed by atoms with Gasteiger partial charge in [0.05, 0.1) is 0 Å². The second-order valence-electron chi connectivity index (χ2n) is 5.65. The molecule has 0 bridgehead atoms. The summed E-state index contributed by atoms with van der Waals surface area (Å²) in [5, 5.41) is 4.00. The molecule has 0 saturated carbocycles. The third-order valence-electron chi connectivity index (χ3n) is 3.72. The Morgan fingerprint density at radius 2 is 2.10 bits per heavy atom. The minimum atomic E-state index is -0.0597. The molecule has 4 N–H and O–H groups in total. The van der Waals surface area contributed by atoms with Gasteiger partial charge in [-0.15, -0.1) is 0 Å². The monoisotopic (exact) mass is 273 g/mol. The van der Waals surface area contributed by atoms with Crippen LogP contribution in [0.3, 0.4) is 0 Å². The van der Waals surface area contributed by atoms with E-state index in [1.807, 2.05) is 31.2 Å². The van der Waals surface area contributed by atoms with Crippen LogP contribution in [0.2, 0.25) is 0 Å². The Bertz CT molecular complexity index is 603. The molecular weight excluding hydrogens is 250 g/mol.